The number of benzene rings is 1. The number of rotatable bonds is 3. The Labute approximate surface area is 111 Å². The zero-order valence-electron chi connectivity index (χ0n) is 11.2. The van der Waals surface area contributed by atoms with Gasteiger partial charge in [-0.2, -0.15) is 0 Å². The quantitative estimate of drug-likeness (QED) is 0.829. The Kier molecular flexibility index (Phi) is 3.51. The molecule has 0 saturated carbocycles. The molecular weight excluding hydrogens is 240 g/mol. The SMILES string of the molecule is CC(=O)c1ccc(NC(=O)c2cc(C)[nH]c2C)cc1. The third-order valence-corrected chi connectivity index (χ3v) is 2.94. The van der Waals surface area contributed by atoms with E-state index < -0.39 is 0 Å². The van der Waals surface area contributed by atoms with Gasteiger partial charge in [-0.1, -0.05) is 0 Å². The molecule has 1 heterocycles. The zero-order chi connectivity index (χ0) is 14.0. The van der Waals surface area contributed by atoms with E-state index in [-0.39, 0.29) is 11.7 Å². The molecule has 0 aliphatic carbocycles. The predicted molar refractivity (Wildman–Crippen MR) is 74.7 cm³/mol. The summed E-state index contributed by atoms with van der Waals surface area (Å²) in [6, 6.07) is 8.67. The second-order valence-electron chi connectivity index (χ2n) is 4.58. The molecule has 0 aliphatic rings. The summed E-state index contributed by atoms with van der Waals surface area (Å²) >= 11 is 0. The average Bonchev–Trinajstić information content (AvgIpc) is 2.69. The summed E-state index contributed by atoms with van der Waals surface area (Å²) in [5, 5.41) is 2.81. The van der Waals surface area contributed by atoms with Crippen molar-refractivity contribution in [1.82, 2.24) is 4.98 Å². The zero-order valence-corrected chi connectivity index (χ0v) is 11.2. The van der Waals surface area contributed by atoms with Gasteiger partial charge in [0.15, 0.2) is 5.78 Å². The molecule has 0 radical (unpaired) electrons. The molecule has 0 aliphatic heterocycles. The molecule has 19 heavy (non-hydrogen) atoms. The van der Waals surface area contributed by atoms with Gasteiger partial charge >= 0.3 is 0 Å². The Balaban J connectivity index is 2.15. The van der Waals surface area contributed by atoms with Crippen molar-refractivity contribution in [2.24, 2.45) is 0 Å². The molecule has 0 atom stereocenters. The van der Waals surface area contributed by atoms with Crippen LogP contribution in [0.15, 0.2) is 30.3 Å². The predicted octanol–water partition coefficient (Wildman–Crippen LogP) is 3.09. The largest absolute Gasteiger partial charge is 0.362 e. The normalized spacial score (nSPS) is 10.3. The molecule has 1 aromatic carbocycles. The standard InChI is InChI=1S/C15H16N2O2/c1-9-8-14(10(2)16-9)15(19)17-13-6-4-12(5-7-13)11(3)18/h4-8,16H,1-3H3,(H,17,19). The lowest BCUT2D eigenvalue weighted by atomic mass is 10.1. The van der Waals surface area contributed by atoms with Crippen molar-refractivity contribution in [3.05, 3.63) is 52.8 Å². The van der Waals surface area contributed by atoms with Crippen LogP contribution in [0.3, 0.4) is 0 Å². The fourth-order valence-corrected chi connectivity index (χ4v) is 1.95. The first-order valence-corrected chi connectivity index (χ1v) is 6.06. The molecule has 0 unspecified atom stereocenters. The Bertz CT molecular complexity index is 624. The molecule has 2 N–H and O–H groups in total. The van der Waals surface area contributed by atoms with E-state index in [0.717, 1.165) is 11.4 Å². The van der Waals surface area contributed by atoms with E-state index in [0.29, 0.717) is 16.8 Å². The van der Waals surface area contributed by atoms with Gasteiger partial charge in [-0.25, -0.2) is 0 Å². The van der Waals surface area contributed by atoms with Crippen LogP contribution in [-0.4, -0.2) is 16.7 Å². The number of amides is 1. The van der Waals surface area contributed by atoms with Crippen LogP contribution < -0.4 is 5.32 Å². The highest BCUT2D eigenvalue weighted by molar-refractivity contribution is 6.05. The third-order valence-electron chi connectivity index (χ3n) is 2.94. The van der Waals surface area contributed by atoms with Gasteiger partial charge in [0.25, 0.3) is 5.91 Å². The smallest absolute Gasteiger partial charge is 0.257 e. The summed E-state index contributed by atoms with van der Waals surface area (Å²) in [6.07, 6.45) is 0. The number of aromatic amines is 1. The minimum Gasteiger partial charge on any atom is -0.362 e. The second kappa shape index (κ2) is 5.10. The highest BCUT2D eigenvalue weighted by Gasteiger charge is 2.11. The van der Waals surface area contributed by atoms with E-state index in [2.05, 4.69) is 10.3 Å². The average molecular weight is 256 g/mol. The van der Waals surface area contributed by atoms with Gasteiger partial charge in [-0.05, 0) is 51.1 Å². The monoisotopic (exact) mass is 256 g/mol. The van der Waals surface area contributed by atoms with E-state index in [1.807, 2.05) is 19.9 Å². The molecule has 0 saturated heterocycles. The number of nitrogens with one attached hydrogen (secondary N) is 2. The van der Waals surface area contributed by atoms with Crippen LogP contribution in [-0.2, 0) is 0 Å². The number of hydrogen-bond donors (Lipinski definition) is 2. The topological polar surface area (TPSA) is 62.0 Å². The number of H-pyrrole nitrogens is 1. The van der Waals surface area contributed by atoms with Crippen molar-refractivity contribution in [2.75, 3.05) is 5.32 Å². The van der Waals surface area contributed by atoms with Crippen molar-refractivity contribution >= 4 is 17.4 Å². The first kappa shape index (κ1) is 13.1. The second-order valence-corrected chi connectivity index (χ2v) is 4.58. The van der Waals surface area contributed by atoms with E-state index >= 15 is 0 Å². The van der Waals surface area contributed by atoms with Crippen LogP contribution in [0.25, 0.3) is 0 Å². The summed E-state index contributed by atoms with van der Waals surface area (Å²) in [7, 11) is 0. The van der Waals surface area contributed by atoms with Gasteiger partial charge in [-0.3, -0.25) is 9.59 Å². The Morgan fingerprint density at radius 1 is 1.11 bits per heavy atom. The molecule has 1 aromatic heterocycles. The van der Waals surface area contributed by atoms with Crippen molar-refractivity contribution in [1.29, 1.82) is 0 Å². The Morgan fingerprint density at radius 2 is 1.74 bits per heavy atom. The van der Waals surface area contributed by atoms with Crippen LogP contribution in [0.1, 0.15) is 39.0 Å². The number of carbonyl (C=O) groups excluding carboxylic acids is 2. The lowest BCUT2D eigenvalue weighted by molar-refractivity contribution is 0.101. The van der Waals surface area contributed by atoms with Crippen molar-refractivity contribution in [3.63, 3.8) is 0 Å². The van der Waals surface area contributed by atoms with Gasteiger partial charge in [0.1, 0.15) is 0 Å². The van der Waals surface area contributed by atoms with Crippen LogP contribution >= 0.6 is 0 Å². The molecule has 98 valence electrons. The number of aryl methyl sites for hydroxylation is 2. The van der Waals surface area contributed by atoms with Crippen molar-refractivity contribution in [2.45, 2.75) is 20.8 Å². The number of hydrogen-bond acceptors (Lipinski definition) is 2. The van der Waals surface area contributed by atoms with Gasteiger partial charge in [0, 0.05) is 22.6 Å². The minimum absolute atomic E-state index is 0.00924. The maximum Gasteiger partial charge on any atom is 0.257 e. The summed E-state index contributed by atoms with van der Waals surface area (Å²) in [5.41, 5.74) is 3.73. The number of Topliss-reactive ketones (excluding diaryl/α,β-unsaturated/α-hetero) is 1. The summed E-state index contributed by atoms with van der Waals surface area (Å²) in [4.78, 5) is 26.3. The van der Waals surface area contributed by atoms with Gasteiger partial charge in [0.05, 0.1) is 5.56 Å². The number of aromatic nitrogens is 1. The summed E-state index contributed by atoms with van der Waals surface area (Å²) in [5.74, 6) is -0.146. The van der Waals surface area contributed by atoms with Crippen LogP contribution in [0.2, 0.25) is 0 Å². The lowest BCUT2D eigenvalue weighted by Crippen LogP contribution is -2.12. The molecule has 4 nitrogen and oxygen atoms in total. The third kappa shape index (κ3) is 2.91. The van der Waals surface area contributed by atoms with Crippen molar-refractivity contribution < 1.29 is 9.59 Å². The molecule has 0 fully saturated rings. The summed E-state index contributed by atoms with van der Waals surface area (Å²) < 4.78 is 0. The maximum atomic E-state index is 12.1. The van der Waals surface area contributed by atoms with Gasteiger partial charge < -0.3 is 10.3 Å². The van der Waals surface area contributed by atoms with Crippen molar-refractivity contribution in [3.8, 4) is 0 Å². The highest BCUT2D eigenvalue weighted by atomic mass is 16.1. The van der Waals surface area contributed by atoms with Gasteiger partial charge in [-0.15, -0.1) is 0 Å². The highest BCUT2D eigenvalue weighted by Crippen LogP contribution is 2.14. The minimum atomic E-state index is -0.155. The fraction of sp³-hybridized carbons (Fsp3) is 0.200. The van der Waals surface area contributed by atoms with E-state index in [9.17, 15) is 9.59 Å². The summed E-state index contributed by atoms with van der Waals surface area (Å²) in [6.45, 7) is 5.28. The van der Waals surface area contributed by atoms with Crippen LogP contribution in [0.5, 0.6) is 0 Å². The Morgan fingerprint density at radius 3 is 2.21 bits per heavy atom. The first-order valence-electron chi connectivity index (χ1n) is 6.06. The van der Waals surface area contributed by atoms with E-state index in [1.165, 1.54) is 6.92 Å². The Hall–Kier alpha value is -2.36. The molecule has 0 bridgehead atoms. The number of carbonyl (C=O) groups is 2. The lowest BCUT2D eigenvalue weighted by Gasteiger charge is -2.05. The maximum absolute atomic E-state index is 12.1. The molecule has 1 amide bonds. The van der Waals surface area contributed by atoms with E-state index in [4.69, 9.17) is 0 Å². The molecule has 4 heteroatoms. The molecule has 2 aromatic rings. The number of ketones is 1. The number of anilines is 1. The van der Waals surface area contributed by atoms with E-state index in [1.54, 1.807) is 24.3 Å². The van der Waals surface area contributed by atoms with Crippen LogP contribution in [0, 0.1) is 13.8 Å². The molecular formula is C15H16N2O2. The molecule has 0 spiro atoms. The first-order chi connectivity index (χ1) is 8.97. The molecule has 2 rings (SSSR count). The van der Waals surface area contributed by atoms with Crippen LogP contribution in [0.4, 0.5) is 5.69 Å². The fourth-order valence-electron chi connectivity index (χ4n) is 1.95. The van der Waals surface area contributed by atoms with Gasteiger partial charge in [0.2, 0.25) is 0 Å².